The molecule has 3 aromatic heterocycles. The summed E-state index contributed by atoms with van der Waals surface area (Å²) >= 11 is 0. The molecule has 3 heterocycles. The number of aromatic nitrogens is 5. The molecule has 26 heavy (non-hydrogen) atoms. The van der Waals surface area contributed by atoms with E-state index in [2.05, 4.69) is 38.4 Å². The SMILES string of the molecule is Cc1cnc(C)c(-c2cccc(-c3ccn(Cc4cc(C)on4)n3)c2)n1. The third kappa shape index (κ3) is 3.26. The molecule has 0 saturated carbocycles. The van der Waals surface area contributed by atoms with Crippen molar-refractivity contribution in [3.05, 3.63) is 71.6 Å². The van der Waals surface area contributed by atoms with Crippen molar-refractivity contribution in [2.24, 2.45) is 0 Å². The Morgan fingerprint density at radius 1 is 1.04 bits per heavy atom. The van der Waals surface area contributed by atoms with Gasteiger partial charge in [-0.25, -0.2) is 4.98 Å². The van der Waals surface area contributed by atoms with Crippen LogP contribution in [-0.4, -0.2) is 24.9 Å². The van der Waals surface area contributed by atoms with Gasteiger partial charge in [-0.05, 0) is 32.9 Å². The lowest BCUT2D eigenvalue weighted by atomic mass is 10.0. The van der Waals surface area contributed by atoms with E-state index in [1.54, 1.807) is 6.20 Å². The molecule has 0 aliphatic rings. The van der Waals surface area contributed by atoms with Crippen LogP contribution in [0.5, 0.6) is 0 Å². The molecular formula is C20H19N5O. The molecule has 0 radical (unpaired) electrons. The number of nitrogens with zero attached hydrogens (tertiary/aromatic N) is 5. The van der Waals surface area contributed by atoms with Gasteiger partial charge in [-0.1, -0.05) is 23.4 Å². The lowest BCUT2D eigenvalue weighted by Gasteiger charge is -2.07. The quantitative estimate of drug-likeness (QED) is 0.560. The van der Waals surface area contributed by atoms with Crippen LogP contribution in [-0.2, 0) is 6.54 Å². The van der Waals surface area contributed by atoms with E-state index in [0.717, 1.165) is 45.4 Å². The van der Waals surface area contributed by atoms with Crippen LogP contribution in [0.1, 0.15) is 22.8 Å². The van der Waals surface area contributed by atoms with E-state index in [9.17, 15) is 0 Å². The van der Waals surface area contributed by atoms with Crippen LogP contribution in [0.15, 0.2) is 53.3 Å². The zero-order chi connectivity index (χ0) is 18.1. The van der Waals surface area contributed by atoms with E-state index >= 15 is 0 Å². The van der Waals surface area contributed by atoms with Gasteiger partial charge in [0.25, 0.3) is 0 Å². The Kier molecular flexibility index (Phi) is 4.08. The second-order valence-electron chi connectivity index (χ2n) is 6.35. The van der Waals surface area contributed by atoms with E-state index in [1.165, 1.54) is 0 Å². The predicted molar refractivity (Wildman–Crippen MR) is 98.5 cm³/mol. The Bertz CT molecular complexity index is 1060. The molecule has 0 bridgehead atoms. The van der Waals surface area contributed by atoms with Crippen LogP contribution in [0.3, 0.4) is 0 Å². The van der Waals surface area contributed by atoms with E-state index in [0.29, 0.717) is 6.54 Å². The van der Waals surface area contributed by atoms with Gasteiger partial charge in [0.15, 0.2) is 0 Å². The molecule has 0 unspecified atom stereocenters. The van der Waals surface area contributed by atoms with Crippen molar-refractivity contribution in [1.82, 2.24) is 24.9 Å². The third-order valence-corrected chi connectivity index (χ3v) is 4.15. The largest absolute Gasteiger partial charge is 0.361 e. The van der Waals surface area contributed by atoms with Gasteiger partial charge < -0.3 is 4.52 Å². The first-order valence-electron chi connectivity index (χ1n) is 8.45. The standard InChI is InChI=1S/C20H19N5O/c1-13-11-21-15(3)20(22-13)17-6-4-5-16(10-17)19-7-8-25(23-19)12-18-9-14(2)26-24-18/h4-11H,12H2,1-3H3. The summed E-state index contributed by atoms with van der Waals surface area (Å²) in [6.45, 7) is 6.39. The summed E-state index contributed by atoms with van der Waals surface area (Å²) in [5.41, 5.74) is 6.58. The Hall–Kier alpha value is -3.28. The molecule has 6 nitrogen and oxygen atoms in total. The van der Waals surface area contributed by atoms with Crippen molar-refractivity contribution in [3.63, 3.8) is 0 Å². The molecule has 0 amide bonds. The zero-order valence-electron chi connectivity index (χ0n) is 15.0. The van der Waals surface area contributed by atoms with Gasteiger partial charge in [0, 0.05) is 29.6 Å². The lowest BCUT2D eigenvalue weighted by Crippen LogP contribution is -2.00. The lowest BCUT2D eigenvalue weighted by molar-refractivity contribution is 0.388. The number of rotatable bonds is 4. The molecule has 4 rings (SSSR count). The summed E-state index contributed by atoms with van der Waals surface area (Å²) in [5, 5.41) is 8.67. The van der Waals surface area contributed by atoms with Crippen LogP contribution in [0.2, 0.25) is 0 Å². The van der Waals surface area contributed by atoms with Crippen LogP contribution >= 0.6 is 0 Å². The molecule has 1 aromatic carbocycles. The van der Waals surface area contributed by atoms with Crippen molar-refractivity contribution >= 4 is 0 Å². The maximum absolute atomic E-state index is 5.11. The highest BCUT2D eigenvalue weighted by Crippen LogP contribution is 2.26. The summed E-state index contributed by atoms with van der Waals surface area (Å²) in [6.07, 6.45) is 3.74. The maximum atomic E-state index is 5.11. The fourth-order valence-electron chi connectivity index (χ4n) is 2.90. The molecule has 0 spiro atoms. The van der Waals surface area contributed by atoms with E-state index in [1.807, 2.05) is 49.8 Å². The van der Waals surface area contributed by atoms with Crippen molar-refractivity contribution in [3.8, 4) is 22.5 Å². The second-order valence-corrected chi connectivity index (χ2v) is 6.35. The highest BCUT2D eigenvalue weighted by Gasteiger charge is 2.09. The van der Waals surface area contributed by atoms with Gasteiger partial charge in [-0.15, -0.1) is 0 Å². The number of benzene rings is 1. The molecular weight excluding hydrogens is 326 g/mol. The van der Waals surface area contributed by atoms with Gasteiger partial charge in [-0.3, -0.25) is 9.67 Å². The minimum absolute atomic E-state index is 0.583. The Balaban J connectivity index is 1.64. The third-order valence-electron chi connectivity index (χ3n) is 4.15. The monoisotopic (exact) mass is 345 g/mol. The summed E-state index contributed by atoms with van der Waals surface area (Å²) in [7, 11) is 0. The Morgan fingerprint density at radius 3 is 2.69 bits per heavy atom. The molecule has 0 N–H and O–H groups in total. The van der Waals surface area contributed by atoms with Crippen molar-refractivity contribution in [1.29, 1.82) is 0 Å². The van der Waals surface area contributed by atoms with Crippen LogP contribution < -0.4 is 0 Å². The van der Waals surface area contributed by atoms with Gasteiger partial charge in [0.2, 0.25) is 0 Å². The highest BCUT2D eigenvalue weighted by molar-refractivity contribution is 5.70. The predicted octanol–water partition coefficient (Wildman–Crippen LogP) is 3.97. The van der Waals surface area contributed by atoms with Crippen LogP contribution in [0.4, 0.5) is 0 Å². The van der Waals surface area contributed by atoms with Gasteiger partial charge in [-0.2, -0.15) is 5.10 Å². The number of hydrogen-bond acceptors (Lipinski definition) is 5. The first-order valence-corrected chi connectivity index (χ1v) is 8.45. The van der Waals surface area contributed by atoms with Crippen LogP contribution in [0.25, 0.3) is 22.5 Å². The summed E-state index contributed by atoms with van der Waals surface area (Å²) in [6, 6.07) is 12.1. The average molecular weight is 345 g/mol. The molecule has 6 heteroatoms. The smallest absolute Gasteiger partial charge is 0.133 e. The van der Waals surface area contributed by atoms with Crippen molar-refractivity contribution < 1.29 is 4.52 Å². The molecule has 0 atom stereocenters. The molecule has 0 fully saturated rings. The molecule has 130 valence electrons. The Morgan fingerprint density at radius 2 is 1.88 bits per heavy atom. The van der Waals surface area contributed by atoms with E-state index < -0.39 is 0 Å². The maximum Gasteiger partial charge on any atom is 0.133 e. The van der Waals surface area contributed by atoms with Gasteiger partial charge in [0.1, 0.15) is 11.5 Å². The van der Waals surface area contributed by atoms with Gasteiger partial charge >= 0.3 is 0 Å². The molecule has 0 aliphatic heterocycles. The fourth-order valence-corrected chi connectivity index (χ4v) is 2.90. The molecule has 0 aliphatic carbocycles. The first kappa shape index (κ1) is 16.2. The topological polar surface area (TPSA) is 69.6 Å². The second kappa shape index (κ2) is 6.55. The minimum atomic E-state index is 0.583. The average Bonchev–Trinajstić information content (AvgIpc) is 3.27. The summed E-state index contributed by atoms with van der Waals surface area (Å²) in [5.74, 6) is 0.801. The van der Waals surface area contributed by atoms with Crippen molar-refractivity contribution in [2.45, 2.75) is 27.3 Å². The van der Waals surface area contributed by atoms with Gasteiger partial charge in [0.05, 0.1) is 29.3 Å². The zero-order valence-corrected chi connectivity index (χ0v) is 15.0. The molecule has 4 aromatic rings. The normalized spacial score (nSPS) is 11.0. The Labute approximate surface area is 151 Å². The van der Waals surface area contributed by atoms with Crippen LogP contribution in [0, 0.1) is 20.8 Å². The minimum Gasteiger partial charge on any atom is -0.361 e. The van der Waals surface area contributed by atoms with E-state index in [-0.39, 0.29) is 0 Å². The molecule has 0 saturated heterocycles. The number of aryl methyl sites for hydroxylation is 3. The highest BCUT2D eigenvalue weighted by atomic mass is 16.5. The fraction of sp³-hybridized carbons (Fsp3) is 0.200. The first-order chi connectivity index (χ1) is 12.6. The van der Waals surface area contributed by atoms with Crippen molar-refractivity contribution in [2.75, 3.05) is 0 Å². The number of hydrogen-bond donors (Lipinski definition) is 0. The summed E-state index contributed by atoms with van der Waals surface area (Å²) in [4.78, 5) is 9.05. The van der Waals surface area contributed by atoms with E-state index in [4.69, 9.17) is 4.52 Å². The summed E-state index contributed by atoms with van der Waals surface area (Å²) < 4.78 is 6.97.